The van der Waals surface area contributed by atoms with Crippen LogP contribution in [-0.4, -0.2) is 31.7 Å². The van der Waals surface area contributed by atoms with Crippen molar-refractivity contribution < 1.29 is 13.2 Å². The van der Waals surface area contributed by atoms with E-state index >= 15 is 0 Å². The number of nitrogens with zero attached hydrogens (tertiary/aromatic N) is 1. The van der Waals surface area contributed by atoms with Gasteiger partial charge in [0.1, 0.15) is 0 Å². The van der Waals surface area contributed by atoms with E-state index in [0.717, 1.165) is 25.7 Å². The highest BCUT2D eigenvalue weighted by atomic mass is 32.2. The molecule has 1 aromatic carbocycles. The molecule has 1 aliphatic carbocycles. The maximum Gasteiger partial charge on any atom is 0.265 e. The van der Waals surface area contributed by atoms with Gasteiger partial charge in [0.05, 0.1) is 9.77 Å². The van der Waals surface area contributed by atoms with E-state index in [2.05, 4.69) is 5.32 Å². The predicted molar refractivity (Wildman–Crippen MR) is 103 cm³/mol. The summed E-state index contributed by atoms with van der Waals surface area (Å²) in [7, 11) is -3.48. The Kier molecular flexibility index (Phi) is 4.86. The first-order valence-electron chi connectivity index (χ1n) is 9.07. The molecule has 1 aliphatic heterocycles. The number of carbonyl (C=O) groups excluding carboxylic acids is 1. The summed E-state index contributed by atoms with van der Waals surface area (Å²) in [6.07, 6.45) is 6.27. The Bertz CT molecular complexity index is 905. The number of carbonyl (C=O) groups is 1. The Balaban J connectivity index is 1.53. The van der Waals surface area contributed by atoms with Crippen LogP contribution in [0.4, 0.5) is 5.69 Å². The molecule has 138 valence electrons. The highest BCUT2D eigenvalue weighted by Gasteiger charge is 2.27. The molecule has 0 saturated carbocycles. The molecule has 5 nitrogen and oxygen atoms in total. The molecule has 1 fully saturated rings. The van der Waals surface area contributed by atoms with E-state index in [4.69, 9.17) is 0 Å². The largest absolute Gasteiger partial charge is 0.321 e. The van der Waals surface area contributed by atoms with Crippen LogP contribution in [0.5, 0.6) is 0 Å². The van der Waals surface area contributed by atoms with Gasteiger partial charge in [-0.15, -0.1) is 11.3 Å². The number of hydrogen-bond donors (Lipinski definition) is 1. The molecule has 26 heavy (non-hydrogen) atoms. The third-order valence-corrected chi connectivity index (χ3v) is 8.15. The predicted octanol–water partition coefficient (Wildman–Crippen LogP) is 3.66. The van der Waals surface area contributed by atoms with Crippen LogP contribution in [0.15, 0.2) is 35.2 Å². The molecule has 2 aliphatic rings. The molecule has 2 heterocycles. The van der Waals surface area contributed by atoms with Crippen LogP contribution < -0.4 is 5.32 Å². The van der Waals surface area contributed by atoms with Crippen LogP contribution in [0.1, 0.15) is 45.8 Å². The molecular formula is C19H22N2O3S2. The number of fused-ring (bicyclic) bond motifs is 1. The van der Waals surface area contributed by atoms with Gasteiger partial charge in [-0.25, -0.2) is 8.42 Å². The molecule has 7 heteroatoms. The van der Waals surface area contributed by atoms with Crippen LogP contribution in [0.3, 0.4) is 0 Å². The zero-order valence-electron chi connectivity index (χ0n) is 14.5. The van der Waals surface area contributed by atoms with Crippen molar-refractivity contribution in [3.05, 3.63) is 45.6 Å². The van der Waals surface area contributed by atoms with Crippen LogP contribution >= 0.6 is 11.3 Å². The lowest BCUT2D eigenvalue weighted by atomic mass is 9.99. The molecule has 1 saturated heterocycles. The first kappa shape index (κ1) is 17.7. The number of nitrogens with one attached hydrogen (secondary N) is 1. The van der Waals surface area contributed by atoms with Crippen LogP contribution in [0.25, 0.3) is 0 Å². The summed E-state index contributed by atoms with van der Waals surface area (Å²) in [6, 6.07) is 8.54. The topological polar surface area (TPSA) is 66.5 Å². The van der Waals surface area contributed by atoms with Crippen molar-refractivity contribution in [2.24, 2.45) is 0 Å². The smallest absolute Gasteiger partial charge is 0.265 e. The normalized spacial score (nSPS) is 17.8. The monoisotopic (exact) mass is 390 g/mol. The van der Waals surface area contributed by atoms with E-state index in [1.165, 1.54) is 27.6 Å². The van der Waals surface area contributed by atoms with E-state index in [1.807, 2.05) is 6.07 Å². The second-order valence-corrected chi connectivity index (χ2v) is 9.93. The number of benzene rings is 1. The van der Waals surface area contributed by atoms with Crippen LogP contribution in [-0.2, 0) is 22.9 Å². The number of anilines is 1. The van der Waals surface area contributed by atoms with Gasteiger partial charge in [-0.1, -0.05) is 6.07 Å². The second-order valence-electron chi connectivity index (χ2n) is 6.86. The van der Waals surface area contributed by atoms with Crippen molar-refractivity contribution in [3.8, 4) is 0 Å². The van der Waals surface area contributed by atoms with Gasteiger partial charge >= 0.3 is 0 Å². The second kappa shape index (κ2) is 7.13. The maximum atomic E-state index is 12.7. The minimum Gasteiger partial charge on any atom is -0.321 e. The fourth-order valence-corrected chi connectivity index (χ4v) is 6.32. The van der Waals surface area contributed by atoms with Gasteiger partial charge in [0, 0.05) is 23.7 Å². The summed E-state index contributed by atoms with van der Waals surface area (Å²) in [5.74, 6) is -0.167. The molecular weight excluding hydrogens is 368 g/mol. The van der Waals surface area contributed by atoms with Crippen molar-refractivity contribution in [2.75, 3.05) is 18.4 Å². The molecule has 0 radical (unpaired) electrons. The molecule has 0 atom stereocenters. The molecule has 0 bridgehead atoms. The van der Waals surface area contributed by atoms with Gasteiger partial charge in [-0.2, -0.15) is 4.31 Å². The van der Waals surface area contributed by atoms with Gasteiger partial charge in [0.25, 0.3) is 5.91 Å². The minimum atomic E-state index is -3.48. The van der Waals surface area contributed by atoms with E-state index in [0.29, 0.717) is 23.7 Å². The lowest BCUT2D eigenvalue weighted by Crippen LogP contribution is -2.27. The lowest BCUT2D eigenvalue weighted by Gasteiger charge is -2.16. The third kappa shape index (κ3) is 3.43. The fraction of sp³-hybridized carbons (Fsp3) is 0.421. The zero-order valence-corrected chi connectivity index (χ0v) is 16.2. The average molecular weight is 391 g/mol. The van der Waals surface area contributed by atoms with Crippen LogP contribution in [0, 0.1) is 0 Å². The van der Waals surface area contributed by atoms with Crippen molar-refractivity contribution >= 4 is 33.0 Å². The molecule has 1 aromatic heterocycles. The Morgan fingerprint density at radius 3 is 2.58 bits per heavy atom. The number of rotatable bonds is 4. The zero-order chi connectivity index (χ0) is 18.1. The average Bonchev–Trinajstić information content (AvgIpc) is 3.32. The molecule has 0 spiro atoms. The van der Waals surface area contributed by atoms with Crippen LogP contribution in [0.2, 0.25) is 0 Å². The first-order valence-corrected chi connectivity index (χ1v) is 11.3. The number of aryl methyl sites for hydroxylation is 2. The highest BCUT2D eigenvalue weighted by molar-refractivity contribution is 7.89. The Morgan fingerprint density at radius 2 is 1.81 bits per heavy atom. The van der Waals surface area contributed by atoms with Crippen molar-refractivity contribution in [3.63, 3.8) is 0 Å². The van der Waals surface area contributed by atoms with Gasteiger partial charge in [-0.3, -0.25) is 4.79 Å². The summed E-state index contributed by atoms with van der Waals surface area (Å²) < 4.78 is 26.9. The number of sulfonamides is 1. The van der Waals surface area contributed by atoms with E-state index in [1.54, 1.807) is 35.6 Å². The Labute approximate surface area is 158 Å². The highest BCUT2D eigenvalue weighted by Crippen LogP contribution is 2.30. The standard InChI is InChI=1S/C19H22N2O3S2/c22-19(18-12-14-6-1-2-9-17(14)25-18)20-15-7-5-8-16(13-15)26(23,24)21-10-3-4-11-21/h5,7-8,12-13H,1-4,6,9-11H2,(H,20,22). The molecule has 4 rings (SSSR count). The van der Waals surface area contributed by atoms with Gasteiger partial charge in [0.15, 0.2) is 0 Å². The minimum absolute atomic E-state index is 0.167. The molecule has 1 amide bonds. The number of amides is 1. The molecule has 2 aromatic rings. The molecule has 0 unspecified atom stereocenters. The third-order valence-electron chi connectivity index (χ3n) is 5.02. The van der Waals surface area contributed by atoms with Crippen molar-refractivity contribution in [1.29, 1.82) is 0 Å². The van der Waals surface area contributed by atoms with Crippen molar-refractivity contribution in [1.82, 2.24) is 4.31 Å². The van der Waals surface area contributed by atoms with E-state index in [-0.39, 0.29) is 10.8 Å². The summed E-state index contributed by atoms with van der Waals surface area (Å²) in [6.45, 7) is 1.14. The number of thiophene rings is 1. The summed E-state index contributed by atoms with van der Waals surface area (Å²) in [4.78, 5) is 14.8. The summed E-state index contributed by atoms with van der Waals surface area (Å²) >= 11 is 1.55. The first-order chi connectivity index (χ1) is 12.5. The quantitative estimate of drug-likeness (QED) is 0.866. The van der Waals surface area contributed by atoms with Gasteiger partial charge in [-0.05, 0) is 68.4 Å². The summed E-state index contributed by atoms with van der Waals surface area (Å²) in [5.41, 5.74) is 1.80. The van der Waals surface area contributed by atoms with Gasteiger partial charge in [0.2, 0.25) is 10.0 Å². The maximum absolute atomic E-state index is 12.7. The fourth-order valence-electron chi connectivity index (χ4n) is 3.61. The summed E-state index contributed by atoms with van der Waals surface area (Å²) in [5, 5.41) is 2.86. The molecule has 1 N–H and O–H groups in total. The SMILES string of the molecule is O=C(Nc1cccc(S(=O)(=O)N2CCCC2)c1)c1cc2c(s1)CCCC2. The number of hydrogen-bond acceptors (Lipinski definition) is 4. The van der Waals surface area contributed by atoms with E-state index in [9.17, 15) is 13.2 Å². The van der Waals surface area contributed by atoms with Crippen molar-refractivity contribution in [2.45, 2.75) is 43.4 Å². The Hall–Kier alpha value is -1.70. The van der Waals surface area contributed by atoms with Gasteiger partial charge < -0.3 is 5.32 Å². The van der Waals surface area contributed by atoms with E-state index < -0.39 is 10.0 Å². The lowest BCUT2D eigenvalue weighted by molar-refractivity contribution is 0.103. The Morgan fingerprint density at radius 1 is 1.04 bits per heavy atom.